The van der Waals surface area contributed by atoms with Crippen molar-refractivity contribution in [1.29, 1.82) is 0 Å². The maximum atomic E-state index is 11.8. The van der Waals surface area contributed by atoms with Crippen LogP contribution >= 0.6 is 0 Å². The molecule has 0 unspecified atom stereocenters. The highest BCUT2D eigenvalue weighted by Crippen LogP contribution is 2.08. The van der Waals surface area contributed by atoms with Crippen molar-refractivity contribution in [2.24, 2.45) is 4.99 Å². The number of nitrogens with one attached hydrogen (secondary N) is 2. The van der Waals surface area contributed by atoms with Crippen LogP contribution in [0.5, 0.6) is 0 Å². The minimum atomic E-state index is -0.0387. The van der Waals surface area contributed by atoms with Crippen LogP contribution in [0.25, 0.3) is 0 Å². The SMILES string of the molecule is CCNC(=NCc1ccc(C(=O)N(C)C)cc1)NC(C)(C)C. The van der Waals surface area contributed by atoms with Crippen LogP contribution in [-0.2, 0) is 6.54 Å². The molecule has 1 aromatic carbocycles. The van der Waals surface area contributed by atoms with E-state index in [-0.39, 0.29) is 11.4 Å². The fourth-order valence-corrected chi connectivity index (χ4v) is 1.84. The Morgan fingerprint density at radius 2 is 1.77 bits per heavy atom. The Bertz CT molecular complexity index is 512. The number of benzene rings is 1. The summed E-state index contributed by atoms with van der Waals surface area (Å²) < 4.78 is 0. The van der Waals surface area contributed by atoms with Gasteiger partial charge in [-0.3, -0.25) is 4.79 Å². The first kappa shape index (κ1) is 18.0. The zero-order chi connectivity index (χ0) is 16.8. The van der Waals surface area contributed by atoms with Crippen LogP contribution in [-0.4, -0.2) is 42.9 Å². The Kier molecular flexibility index (Phi) is 6.40. The van der Waals surface area contributed by atoms with E-state index in [0.29, 0.717) is 12.1 Å². The lowest BCUT2D eigenvalue weighted by atomic mass is 10.1. The Hall–Kier alpha value is -2.04. The molecule has 0 atom stereocenters. The third-order valence-corrected chi connectivity index (χ3v) is 2.86. The summed E-state index contributed by atoms with van der Waals surface area (Å²) in [6.45, 7) is 9.73. The van der Waals surface area contributed by atoms with Gasteiger partial charge < -0.3 is 15.5 Å². The van der Waals surface area contributed by atoms with Crippen molar-refractivity contribution < 1.29 is 4.79 Å². The second-order valence-electron chi connectivity index (χ2n) is 6.47. The minimum absolute atomic E-state index is 0.0118. The number of amides is 1. The molecule has 0 saturated heterocycles. The van der Waals surface area contributed by atoms with Crippen LogP contribution < -0.4 is 10.6 Å². The Labute approximate surface area is 133 Å². The van der Waals surface area contributed by atoms with Crippen molar-refractivity contribution in [3.63, 3.8) is 0 Å². The summed E-state index contributed by atoms with van der Waals surface area (Å²) >= 11 is 0. The molecule has 0 aliphatic rings. The standard InChI is InChI=1S/C17H28N4O/c1-7-18-16(20-17(2,3)4)19-12-13-8-10-14(11-9-13)15(22)21(5)6/h8-11H,7,12H2,1-6H3,(H2,18,19,20). The fraction of sp³-hybridized carbons (Fsp3) is 0.529. The highest BCUT2D eigenvalue weighted by Gasteiger charge is 2.11. The molecule has 0 spiro atoms. The normalized spacial score (nSPS) is 12.0. The molecule has 0 aliphatic heterocycles. The summed E-state index contributed by atoms with van der Waals surface area (Å²) in [4.78, 5) is 18.0. The first-order valence-electron chi connectivity index (χ1n) is 7.60. The second kappa shape index (κ2) is 7.82. The van der Waals surface area contributed by atoms with Gasteiger partial charge in [-0.05, 0) is 45.4 Å². The summed E-state index contributed by atoms with van der Waals surface area (Å²) in [5, 5.41) is 6.58. The van der Waals surface area contributed by atoms with Gasteiger partial charge in [0.25, 0.3) is 5.91 Å². The first-order valence-corrected chi connectivity index (χ1v) is 7.60. The third-order valence-electron chi connectivity index (χ3n) is 2.86. The zero-order valence-corrected chi connectivity index (χ0v) is 14.5. The molecule has 0 saturated carbocycles. The van der Waals surface area contributed by atoms with Gasteiger partial charge in [0.2, 0.25) is 0 Å². The van der Waals surface area contributed by atoms with Gasteiger partial charge in [-0.15, -0.1) is 0 Å². The van der Waals surface area contributed by atoms with Gasteiger partial charge >= 0.3 is 0 Å². The highest BCUT2D eigenvalue weighted by molar-refractivity contribution is 5.93. The van der Waals surface area contributed by atoms with Crippen LogP contribution in [0.3, 0.4) is 0 Å². The number of guanidine groups is 1. The molecule has 5 nitrogen and oxygen atoms in total. The summed E-state index contributed by atoms with van der Waals surface area (Å²) in [6.07, 6.45) is 0. The van der Waals surface area contributed by atoms with Crippen molar-refractivity contribution >= 4 is 11.9 Å². The molecule has 22 heavy (non-hydrogen) atoms. The summed E-state index contributed by atoms with van der Waals surface area (Å²) in [5.74, 6) is 0.807. The molecule has 0 aliphatic carbocycles. The Morgan fingerprint density at radius 1 is 1.18 bits per heavy atom. The van der Waals surface area contributed by atoms with Gasteiger partial charge in [-0.25, -0.2) is 4.99 Å². The monoisotopic (exact) mass is 304 g/mol. The van der Waals surface area contributed by atoms with Crippen molar-refractivity contribution in [1.82, 2.24) is 15.5 Å². The quantitative estimate of drug-likeness (QED) is 0.662. The van der Waals surface area contributed by atoms with E-state index in [0.717, 1.165) is 18.1 Å². The number of hydrogen-bond acceptors (Lipinski definition) is 2. The van der Waals surface area contributed by atoms with Crippen molar-refractivity contribution in [2.75, 3.05) is 20.6 Å². The van der Waals surface area contributed by atoms with E-state index < -0.39 is 0 Å². The van der Waals surface area contributed by atoms with Gasteiger partial charge in [0.1, 0.15) is 0 Å². The van der Waals surface area contributed by atoms with Gasteiger partial charge in [0.15, 0.2) is 5.96 Å². The molecule has 122 valence electrons. The predicted molar refractivity (Wildman–Crippen MR) is 92.2 cm³/mol. The highest BCUT2D eigenvalue weighted by atomic mass is 16.2. The molecule has 0 aromatic heterocycles. The van der Waals surface area contributed by atoms with Crippen LogP contribution in [0.15, 0.2) is 29.3 Å². The number of nitrogens with zero attached hydrogens (tertiary/aromatic N) is 2. The van der Waals surface area contributed by atoms with Gasteiger partial charge in [0, 0.05) is 31.7 Å². The van der Waals surface area contributed by atoms with E-state index in [1.54, 1.807) is 19.0 Å². The Morgan fingerprint density at radius 3 is 2.23 bits per heavy atom. The van der Waals surface area contributed by atoms with E-state index in [4.69, 9.17) is 0 Å². The minimum Gasteiger partial charge on any atom is -0.357 e. The summed E-state index contributed by atoms with van der Waals surface area (Å²) in [5.41, 5.74) is 1.72. The van der Waals surface area contributed by atoms with Crippen LogP contribution in [0.4, 0.5) is 0 Å². The fourth-order valence-electron chi connectivity index (χ4n) is 1.84. The van der Waals surface area contributed by atoms with Crippen molar-refractivity contribution in [3.8, 4) is 0 Å². The van der Waals surface area contributed by atoms with Crippen molar-refractivity contribution in [2.45, 2.75) is 39.8 Å². The molecule has 0 fully saturated rings. The molecular formula is C17H28N4O. The molecule has 1 rings (SSSR count). The average molecular weight is 304 g/mol. The maximum absolute atomic E-state index is 11.8. The molecule has 1 amide bonds. The van der Waals surface area contributed by atoms with Crippen LogP contribution in [0.2, 0.25) is 0 Å². The van der Waals surface area contributed by atoms with E-state index in [1.807, 2.05) is 31.2 Å². The lowest BCUT2D eigenvalue weighted by molar-refractivity contribution is 0.0827. The summed E-state index contributed by atoms with van der Waals surface area (Å²) in [7, 11) is 3.50. The largest absolute Gasteiger partial charge is 0.357 e. The third kappa shape index (κ3) is 6.16. The number of aliphatic imine (C=N–C) groups is 1. The van der Waals surface area contributed by atoms with Gasteiger partial charge in [-0.1, -0.05) is 12.1 Å². The van der Waals surface area contributed by atoms with Crippen LogP contribution in [0.1, 0.15) is 43.6 Å². The number of carbonyl (C=O) groups excluding carboxylic acids is 1. The first-order chi connectivity index (χ1) is 10.2. The van der Waals surface area contributed by atoms with Crippen LogP contribution in [0, 0.1) is 0 Å². The second-order valence-corrected chi connectivity index (χ2v) is 6.47. The van der Waals surface area contributed by atoms with E-state index in [9.17, 15) is 4.79 Å². The molecule has 2 N–H and O–H groups in total. The average Bonchev–Trinajstić information content (AvgIpc) is 2.43. The van der Waals surface area contributed by atoms with Gasteiger partial charge in [0.05, 0.1) is 6.54 Å². The number of hydrogen-bond donors (Lipinski definition) is 2. The smallest absolute Gasteiger partial charge is 0.253 e. The summed E-state index contributed by atoms with van der Waals surface area (Å²) in [6, 6.07) is 7.58. The lowest BCUT2D eigenvalue weighted by Crippen LogP contribution is -2.47. The molecule has 5 heteroatoms. The molecule has 0 radical (unpaired) electrons. The lowest BCUT2D eigenvalue weighted by Gasteiger charge is -2.23. The van der Waals surface area contributed by atoms with E-state index in [1.165, 1.54) is 0 Å². The molecule has 0 heterocycles. The van der Waals surface area contributed by atoms with Crippen molar-refractivity contribution in [3.05, 3.63) is 35.4 Å². The van der Waals surface area contributed by atoms with Gasteiger partial charge in [-0.2, -0.15) is 0 Å². The van der Waals surface area contributed by atoms with E-state index in [2.05, 4.69) is 36.4 Å². The molecular weight excluding hydrogens is 276 g/mol. The molecule has 0 bridgehead atoms. The predicted octanol–water partition coefficient (Wildman–Crippen LogP) is 2.24. The Balaban J connectivity index is 2.76. The number of rotatable bonds is 4. The molecule has 1 aromatic rings. The zero-order valence-electron chi connectivity index (χ0n) is 14.5. The number of carbonyl (C=O) groups is 1. The maximum Gasteiger partial charge on any atom is 0.253 e. The topological polar surface area (TPSA) is 56.7 Å². The van der Waals surface area contributed by atoms with E-state index >= 15 is 0 Å².